The lowest BCUT2D eigenvalue weighted by Gasteiger charge is -2.01. The van der Waals surface area contributed by atoms with Crippen LogP contribution in [-0.4, -0.2) is 23.7 Å². The zero-order valence-electron chi connectivity index (χ0n) is 8.84. The fourth-order valence-electron chi connectivity index (χ4n) is 1.75. The molecule has 2 aromatic rings. The summed E-state index contributed by atoms with van der Waals surface area (Å²) in [6.07, 6.45) is 1.98. The molecule has 0 bridgehead atoms. The molecule has 4 heteroatoms. The highest BCUT2D eigenvalue weighted by molar-refractivity contribution is 6.36. The number of ketones is 1. The van der Waals surface area contributed by atoms with Crippen molar-refractivity contribution in [3.63, 3.8) is 0 Å². The highest BCUT2D eigenvalue weighted by Gasteiger charge is 2.13. The minimum atomic E-state index is -0.508. The van der Waals surface area contributed by atoms with Crippen molar-refractivity contribution < 1.29 is 14.3 Å². The zero-order chi connectivity index (χ0) is 11.5. The Morgan fingerprint density at radius 1 is 1.44 bits per heavy atom. The third-order valence-corrected chi connectivity index (χ3v) is 2.43. The number of aldehydes is 1. The largest absolute Gasteiger partial charge is 0.364 e. The van der Waals surface area contributed by atoms with Crippen LogP contribution >= 0.6 is 0 Å². The minimum Gasteiger partial charge on any atom is -0.364 e. The standard InChI is InChI=1S/C12H11NO3/c1-16-8-13-6-10(12(15)7-14)9-4-2-3-5-11(9)13/h2-7H,8H2,1H3. The lowest BCUT2D eigenvalue weighted by atomic mass is 10.1. The number of rotatable bonds is 4. The van der Waals surface area contributed by atoms with Crippen LogP contribution in [0.3, 0.4) is 0 Å². The monoisotopic (exact) mass is 217 g/mol. The first kappa shape index (κ1) is 10.6. The Balaban J connectivity index is 2.66. The van der Waals surface area contributed by atoms with Gasteiger partial charge in [-0.25, -0.2) is 0 Å². The van der Waals surface area contributed by atoms with Crippen LogP contribution in [0.2, 0.25) is 0 Å². The summed E-state index contributed by atoms with van der Waals surface area (Å²) < 4.78 is 6.82. The summed E-state index contributed by atoms with van der Waals surface area (Å²) >= 11 is 0. The summed E-state index contributed by atoms with van der Waals surface area (Å²) in [5.74, 6) is -0.508. The predicted octanol–water partition coefficient (Wildman–Crippen LogP) is 1.63. The van der Waals surface area contributed by atoms with Gasteiger partial charge in [0.15, 0.2) is 6.29 Å². The van der Waals surface area contributed by atoms with Gasteiger partial charge in [0.05, 0.1) is 11.1 Å². The molecule has 0 atom stereocenters. The number of nitrogens with zero attached hydrogens (tertiary/aromatic N) is 1. The second-order valence-corrected chi connectivity index (χ2v) is 3.43. The molecule has 0 amide bonds. The molecule has 1 heterocycles. The molecule has 16 heavy (non-hydrogen) atoms. The van der Waals surface area contributed by atoms with Gasteiger partial charge in [0, 0.05) is 18.7 Å². The average molecular weight is 217 g/mol. The summed E-state index contributed by atoms with van der Waals surface area (Å²) in [5, 5.41) is 0.775. The van der Waals surface area contributed by atoms with Gasteiger partial charge in [-0.05, 0) is 6.07 Å². The molecule has 0 spiro atoms. The van der Waals surface area contributed by atoms with E-state index in [4.69, 9.17) is 4.74 Å². The van der Waals surface area contributed by atoms with Crippen LogP contribution in [0, 0.1) is 0 Å². The quantitative estimate of drug-likeness (QED) is 0.444. The van der Waals surface area contributed by atoms with Gasteiger partial charge in [0.1, 0.15) is 6.73 Å². The van der Waals surface area contributed by atoms with Crippen LogP contribution < -0.4 is 0 Å². The molecule has 0 aliphatic heterocycles. The molecule has 4 nitrogen and oxygen atoms in total. The number of aromatic nitrogens is 1. The van der Waals surface area contributed by atoms with Crippen LogP contribution in [0.1, 0.15) is 10.4 Å². The lowest BCUT2D eigenvalue weighted by Crippen LogP contribution is -2.00. The minimum absolute atomic E-state index is 0.332. The number of hydrogen-bond acceptors (Lipinski definition) is 3. The second-order valence-electron chi connectivity index (χ2n) is 3.43. The van der Waals surface area contributed by atoms with E-state index in [-0.39, 0.29) is 0 Å². The number of benzene rings is 1. The number of carbonyl (C=O) groups excluding carboxylic acids is 2. The number of Topliss-reactive ketones (excluding diaryl/α,β-unsaturated/α-hetero) is 1. The summed E-state index contributed by atoms with van der Waals surface area (Å²) in [5.41, 5.74) is 1.30. The third kappa shape index (κ3) is 1.63. The SMILES string of the molecule is COCn1cc(C(=O)C=O)c2ccccc21. The van der Waals surface area contributed by atoms with Crippen molar-refractivity contribution in [2.24, 2.45) is 0 Å². The van der Waals surface area contributed by atoms with E-state index < -0.39 is 5.78 Å². The summed E-state index contributed by atoms with van der Waals surface area (Å²) in [7, 11) is 1.58. The first-order valence-electron chi connectivity index (χ1n) is 4.84. The molecule has 0 saturated heterocycles. The van der Waals surface area contributed by atoms with E-state index in [1.165, 1.54) is 0 Å². The maximum Gasteiger partial charge on any atom is 0.227 e. The molecule has 82 valence electrons. The normalized spacial score (nSPS) is 10.6. The fraction of sp³-hybridized carbons (Fsp3) is 0.167. The summed E-state index contributed by atoms with van der Waals surface area (Å²) in [6, 6.07) is 7.42. The predicted molar refractivity (Wildman–Crippen MR) is 59.3 cm³/mol. The van der Waals surface area contributed by atoms with Crippen molar-refractivity contribution >= 4 is 23.0 Å². The van der Waals surface area contributed by atoms with E-state index in [1.54, 1.807) is 17.9 Å². The van der Waals surface area contributed by atoms with Crippen LogP contribution in [0.4, 0.5) is 0 Å². The first-order valence-corrected chi connectivity index (χ1v) is 4.84. The Morgan fingerprint density at radius 2 is 2.19 bits per heavy atom. The van der Waals surface area contributed by atoms with Gasteiger partial charge in [0.2, 0.25) is 5.78 Å². The molecular weight excluding hydrogens is 206 g/mol. The van der Waals surface area contributed by atoms with E-state index in [1.807, 2.05) is 24.3 Å². The van der Waals surface area contributed by atoms with Crippen LogP contribution in [0.15, 0.2) is 30.5 Å². The van der Waals surface area contributed by atoms with Gasteiger partial charge in [-0.2, -0.15) is 0 Å². The smallest absolute Gasteiger partial charge is 0.227 e. The highest BCUT2D eigenvalue weighted by Crippen LogP contribution is 2.21. The number of methoxy groups -OCH3 is 1. The summed E-state index contributed by atoms with van der Waals surface area (Å²) in [4.78, 5) is 21.9. The number of hydrogen-bond donors (Lipinski definition) is 0. The van der Waals surface area contributed by atoms with Crippen molar-refractivity contribution in [3.8, 4) is 0 Å². The fourth-order valence-corrected chi connectivity index (χ4v) is 1.75. The molecule has 0 saturated carbocycles. The molecule has 0 fully saturated rings. The second kappa shape index (κ2) is 4.28. The molecule has 0 aliphatic rings. The maximum atomic E-state index is 11.4. The van der Waals surface area contributed by atoms with E-state index in [0.717, 1.165) is 10.9 Å². The number of carbonyl (C=O) groups is 2. The summed E-state index contributed by atoms with van der Waals surface area (Å²) in [6.45, 7) is 0.354. The molecule has 1 aromatic heterocycles. The Morgan fingerprint density at radius 3 is 2.88 bits per heavy atom. The number of fused-ring (bicyclic) bond motifs is 1. The molecule has 2 rings (SSSR count). The third-order valence-electron chi connectivity index (χ3n) is 2.43. The Hall–Kier alpha value is -1.94. The highest BCUT2D eigenvalue weighted by atomic mass is 16.5. The van der Waals surface area contributed by atoms with Crippen molar-refractivity contribution in [3.05, 3.63) is 36.0 Å². The van der Waals surface area contributed by atoms with Crippen molar-refractivity contribution in [1.29, 1.82) is 0 Å². The lowest BCUT2D eigenvalue weighted by molar-refractivity contribution is -0.104. The van der Waals surface area contributed by atoms with Crippen LogP contribution in [0.5, 0.6) is 0 Å². The first-order chi connectivity index (χ1) is 7.77. The van der Waals surface area contributed by atoms with Gasteiger partial charge in [-0.15, -0.1) is 0 Å². The maximum absolute atomic E-state index is 11.4. The van der Waals surface area contributed by atoms with Gasteiger partial charge < -0.3 is 9.30 Å². The van der Waals surface area contributed by atoms with Gasteiger partial charge in [0.25, 0.3) is 0 Å². The Labute approximate surface area is 92.4 Å². The average Bonchev–Trinajstić information content (AvgIpc) is 2.68. The molecule has 0 radical (unpaired) electrons. The van der Waals surface area contributed by atoms with Gasteiger partial charge in [-0.1, -0.05) is 18.2 Å². The van der Waals surface area contributed by atoms with E-state index >= 15 is 0 Å². The van der Waals surface area contributed by atoms with Crippen molar-refractivity contribution in [2.75, 3.05) is 7.11 Å². The Bertz CT molecular complexity index is 542. The van der Waals surface area contributed by atoms with Crippen LogP contribution in [-0.2, 0) is 16.3 Å². The van der Waals surface area contributed by atoms with Crippen molar-refractivity contribution in [1.82, 2.24) is 4.57 Å². The number of ether oxygens (including phenoxy) is 1. The van der Waals surface area contributed by atoms with Gasteiger partial charge in [-0.3, -0.25) is 9.59 Å². The van der Waals surface area contributed by atoms with Crippen LogP contribution in [0.25, 0.3) is 10.9 Å². The molecule has 0 aliphatic carbocycles. The van der Waals surface area contributed by atoms with E-state index in [0.29, 0.717) is 18.6 Å². The topological polar surface area (TPSA) is 48.3 Å². The molecular formula is C12H11NO3. The zero-order valence-corrected chi connectivity index (χ0v) is 8.84. The Kier molecular flexibility index (Phi) is 2.83. The van der Waals surface area contributed by atoms with E-state index in [9.17, 15) is 9.59 Å². The van der Waals surface area contributed by atoms with Crippen molar-refractivity contribution in [2.45, 2.75) is 6.73 Å². The molecule has 1 aromatic carbocycles. The number of para-hydroxylation sites is 1. The van der Waals surface area contributed by atoms with Gasteiger partial charge >= 0.3 is 0 Å². The van der Waals surface area contributed by atoms with E-state index in [2.05, 4.69) is 0 Å². The molecule has 0 unspecified atom stereocenters. The molecule has 0 N–H and O–H groups in total.